The molecule has 0 atom stereocenters. The van der Waals surface area contributed by atoms with Crippen molar-refractivity contribution in [3.05, 3.63) is 39.9 Å². The Kier molecular flexibility index (Phi) is 4.28. The van der Waals surface area contributed by atoms with E-state index in [1.807, 2.05) is 14.0 Å². The molecule has 2 aromatic rings. The van der Waals surface area contributed by atoms with Gasteiger partial charge in [-0.3, -0.25) is 4.79 Å². The van der Waals surface area contributed by atoms with Crippen LogP contribution in [-0.4, -0.2) is 53.8 Å². The monoisotopic (exact) mass is 333 g/mol. The van der Waals surface area contributed by atoms with Gasteiger partial charge in [-0.2, -0.15) is 0 Å². The van der Waals surface area contributed by atoms with E-state index in [1.165, 1.54) is 12.3 Å². The highest BCUT2D eigenvalue weighted by Crippen LogP contribution is 2.25. The molecule has 0 aliphatic carbocycles. The van der Waals surface area contributed by atoms with Gasteiger partial charge >= 0.3 is 5.97 Å². The zero-order chi connectivity index (χ0) is 17.4. The lowest BCUT2D eigenvalue weighted by Gasteiger charge is -2.34. The van der Waals surface area contributed by atoms with Crippen molar-refractivity contribution < 1.29 is 14.3 Å². The van der Waals surface area contributed by atoms with Crippen molar-refractivity contribution in [2.45, 2.75) is 13.5 Å². The molecule has 1 aromatic heterocycles. The number of fused-ring (bicyclic) bond motifs is 1. The third kappa shape index (κ3) is 2.75. The molecule has 1 N–H and O–H groups in total. The van der Waals surface area contributed by atoms with Crippen LogP contribution in [0.3, 0.4) is 0 Å². The second kappa shape index (κ2) is 6.24. The highest BCUT2D eigenvalue weighted by Gasteiger charge is 2.20. The first-order chi connectivity index (χ1) is 11.4. The Hall–Kier alpha value is -2.41. The summed E-state index contributed by atoms with van der Waals surface area (Å²) in [5.74, 6) is -2.01. The quantitative estimate of drug-likeness (QED) is 0.924. The molecule has 0 radical (unpaired) electrons. The van der Waals surface area contributed by atoms with Crippen molar-refractivity contribution in [1.82, 2.24) is 9.47 Å². The van der Waals surface area contributed by atoms with Crippen molar-refractivity contribution in [3.63, 3.8) is 0 Å². The van der Waals surface area contributed by atoms with Crippen LogP contribution in [0, 0.1) is 5.82 Å². The van der Waals surface area contributed by atoms with Crippen LogP contribution in [-0.2, 0) is 6.54 Å². The Labute approximate surface area is 138 Å². The van der Waals surface area contributed by atoms with Gasteiger partial charge in [-0.05, 0) is 26.1 Å². The first kappa shape index (κ1) is 16.4. The van der Waals surface area contributed by atoms with E-state index in [2.05, 4.69) is 9.80 Å². The molecule has 24 heavy (non-hydrogen) atoms. The number of likely N-dealkylation sites (N-methyl/N-ethyl adjacent to an activating group) is 1. The molecule has 0 unspecified atom stereocenters. The van der Waals surface area contributed by atoms with E-state index in [1.54, 1.807) is 10.6 Å². The normalized spacial score (nSPS) is 15.9. The smallest absolute Gasteiger partial charge is 0.341 e. The van der Waals surface area contributed by atoms with Crippen molar-refractivity contribution in [2.24, 2.45) is 0 Å². The van der Waals surface area contributed by atoms with Crippen LogP contribution in [0.1, 0.15) is 17.3 Å². The van der Waals surface area contributed by atoms with Crippen LogP contribution in [0.2, 0.25) is 0 Å². The summed E-state index contributed by atoms with van der Waals surface area (Å²) in [5, 5.41) is 9.01. The molecule has 128 valence electrons. The number of anilines is 1. The lowest BCUT2D eigenvalue weighted by Crippen LogP contribution is -2.44. The van der Waals surface area contributed by atoms with Gasteiger partial charge in [0.05, 0.1) is 10.9 Å². The zero-order valence-electron chi connectivity index (χ0n) is 13.8. The molecular formula is C17H20FN3O3. The molecule has 1 aliphatic heterocycles. The second-order valence-corrected chi connectivity index (χ2v) is 6.08. The fourth-order valence-corrected chi connectivity index (χ4v) is 3.11. The summed E-state index contributed by atoms with van der Waals surface area (Å²) >= 11 is 0. The predicted octanol–water partition coefficient (Wildman–Crippen LogP) is 1.61. The maximum atomic E-state index is 14.7. The van der Waals surface area contributed by atoms with Gasteiger partial charge in [-0.1, -0.05) is 0 Å². The van der Waals surface area contributed by atoms with Gasteiger partial charge in [-0.15, -0.1) is 0 Å². The van der Waals surface area contributed by atoms with Gasteiger partial charge < -0.3 is 19.5 Å². The molecule has 3 rings (SSSR count). The second-order valence-electron chi connectivity index (χ2n) is 6.08. The fraction of sp³-hybridized carbons (Fsp3) is 0.412. The van der Waals surface area contributed by atoms with Crippen LogP contribution < -0.4 is 10.3 Å². The minimum absolute atomic E-state index is 0.158. The number of halogens is 1. The fourth-order valence-electron chi connectivity index (χ4n) is 3.11. The molecule has 0 bridgehead atoms. The minimum Gasteiger partial charge on any atom is -0.477 e. The summed E-state index contributed by atoms with van der Waals surface area (Å²) in [4.78, 5) is 27.9. The Morgan fingerprint density at radius 1 is 1.25 bits per heavy atom. The van der Waals surface area contributed by atoms with Gasteiger partial charge in [-0.25, -0.2) is 9.18 Å². The number of carboxylic acid groups (broad SMARTS) is 1. The molecule has 2 heterocycles. The predicted molar refractivity (Wildman–Crippen MR) is 90.5 cm³/mol. The maximum Gasteiger partial charge on any atom is 0.341 e. The zero-order valence-corrected chi connectivity index (χ0v) is 13.8. The van der Waals surface area contributed by atoms with Crippen LogP contribution in [0.5, 0.6) is 0 Å². The number of nitrogens with zero attached hydrogens (tertiary/aromatic N) is 3. The molecule has 1 aliphatic rings. The number of hydrogen-bond acceptors (Lipinski definition) is 4. The summed E-state index contributed by atoms with van der Waals surface area (Å²) in [6.45, 7) is 5.62. The van der Waals surface area contributed by atoms with Crippen LogP contribution in [0.15, 0.2) is 23.1 Å². The van der Waals surface area contributed by atoms with E-state index in [9.17, 15) is 19.1 Å². The van der Waals surface area contributed by atoms with Gasteiger partial charge in [0, 0.05) is 44.6 Å². The van der Waals surface area contributed by atoms with E-state index in [-0.39, 0.29) is 5.39 Å². The number of benzene rings is 1. The van der Waals surface area contributed by atoms with Crippen LogP contribution >= 0.6 is 0 Å². The molecule has 0 saturated carbocycles. The number of aryl methyl sites for hydroxylation is 1. The van der Waals surface area contributed by atoms with E-state index in [0.717, 1.165) is 31.9 Å². The Morgan fingerprint density at radius 2 is 1.92 bits per heavy atom. The van der Waals surface area contributed by atoms with E-state index in [0.29, 0.717) is 12.1 Å². The number of carboxylic acids is 1. The third-order valence-electron chi connectivity index (χ3n) is 4.56. The number of carbonyl (C=O) groups is 1. The van der Waals surface area contributed by atoms with Gasteiger partial charge in [0.15, 0.2) is 0 Å². The highest BCUT2D eigenvalue weighted by atomic mass is 19.1. The summed E-state index contributed by atoms with van der Waals surface area (Å²) in [6, 6.07) is 3.11. The van der Waals surface area contributed by atoms with Gasteiger partial charge in [0.1, 0.15) is 11.4 Å². The van der Waals surface area contributed by atoms with Crippen molar-refractivity contribution >= 4 is 22.6 Å². The third-order valence-corrected chi connectivity index (χ3v) is 4.56. The summed E-state index contributed by atoms with van der Waals surface area (Å²) in [7, 11) is 2.04. The average Bonchev–Trinajstić information content (AvgIpc) is 2.55. The Bertz CT molecular complexity index is 854. The number of pyridine rings is 1. The van der Waals surface area contributed by atoms with Crippen molar-refractivity contribution in [1.29, 1.82) is 0 Å². The van der Waals surface area contributed by atoms with E-state index < -0.39 is 22.8 Å². The Morgan fingerprint density at radius 3 is 2.50 bits per heavy atom. The maximum absolute atomic E-state index is 14.7. The first-order valence-electron chi connectivity index (χ1n) is 7.96. The lowest BCUT2D eigenvalue weighted by atomic mass is 10.1. The number of aromatic nitrogens is 1. The number of piperazine rings is 1. The standard InChI is InChI=1S/C17H20FN3O3/c1-3-20-10-12(17(23)24)16(22)15-13(18)8-11(9-14(15)20)21-6-4-19(2)5-7-21/h8-10H,3-7H2,1-2H3,(H,23,24). The van der Waals surface area contributed by atoms with Gasteiger partial charge in [0.25, 0.3) is 0 Å². The molecule has 1 fully saturated rings. The topological polar surface area (TPSA) is 65.8 Å². The van der Waals surface area contributed by atoms with E-state index in [4.69, 9.17) is 0 Å². The SMILES string of the molecule is CCn1cc(C(=O)O)c(=O)c2c(F)cc(N3CCN(C)CC3)cc21. The van der Waals surface area contributed by atoms with Crippen LogP contribution in [0.25, 0.3) is 10.9 Å². The van der Waals surface area contributed by atoms with E-state index >= 15 is 0 Å². The molecule has 7 heteroatoms. The number of rotatable bonds is 3. The number of aromatic carboxylic acids is 1. The molecule has 1 aromatic carbocycles. The van der Waals surface area contributed by atoms with Crippen molar-refractivity contribution in [3.8, 4) is 0 Å². The number of hydrogen-bond donors (Lipinski definition) is 1. The Balaban J connectivity index is 2.19. The molecule has 6 nitrogen and oxygen atoms in total. The summed E-state index contributed by atoms with van der Waals surface area (Å²) in [5.41, 5.74) is -0.0283. The van der Waals surface area contributed by atoms with Gasteiger partial charge in [0.2, 0.25) is 5.43 Å². The lowest BCUT2D eigenvalue weighted by molar-refractivity contribution is 0.0695. The molecule has 0 spiro atoms. The molecule has 0 amide bonds. The molecular weight excluding hydrogens is 313 g/mol. The average molecular weight is 333 g/mol. The highest BCUT2D eigenvalue weighted by molar-refractivity contribution is 5.93. The minimum atomic E-state index is -1.34. The molecule has 1 saturated heterocycles. The summed E-state index contributed by atoms with van der Waals surface area (Å²) in [6.07, 6.45) is 1.29. The van der Waals surface area contributed by atoms with Crippen molar-refractivity contribution in [2.75, 3.05) is 38.1 Å². The summed E-state index contributed by atoms with van der Waals surface area (Å²) < 4.78 is 16.3. The largest absolute Gasteiger partial charge is 0.477 e. The first-order valence-corrected chi connectivity index (χ1v) is 7.96. The van der Waals surface area contributed by atoms with Crippen LogP contribution in [0.4, 0.5) is 10.1 Å².